The zero-order valence-electron chi connectivity index (χ0n) is 31.8. The van der Waals surface area contributed by atoms with Crippen LogP contribution < -0.4 is 0 Å². The van der Waals surface area contributed by atoms with Crippen LogP contribution in [0.15, 0.2) is 206 Å². The second-order valence-corrected chi connectivity index (χ2v) is 14.5. The van der Waals surface area contributed by atoms with Crippen LogP contribution in [0.2, 0.25) is 0 Å². The number of hydrogen-bond donors (Lipinski definition) is 0. The van der Waals surface area contributed by atoms with Gasteiger partial charge in [-0.25, -0.2) is 24.9 Å². The maximum atomic E-state index is 5.25. The van der Waals surface area contributed by atoms with E-state index in [0.717, 1.165) is 72.3 Å². The Kier molecular flexibility index (Phi) is 8.37. The summed E-state index contributed by atoms with van der Waals surface area (Å²) in [7, 11) is 0. The summed E-state index contributed by atoms with van der Waals surface area (Å²) in [5.41, 5.74) is 11.7. The summed E-state index contributed by atoms with van der Waals surface area (Å²) < 4.78 is 2.35. The van der Waals surface area contributed by atoms with E-state index in [1.807, 2.05) is 97.1 Å². The lowest BCUT2D eigenvalue weighted by atomic mass is 9.95. The predicted molar refractivity (Wildman–Crippen MR) is 240 cm³/mol. The highest BCUT2D eigenvalue weighted by Gasteiger charge is 2.20. The molecule has 6 heteroatoms. The fourth-order valence-electron chi connectivity index (χ4n) is 8.06. The number of aromatic nitrogens is 6. The molecule has 0 unspecified atom stereocenters. The second kappa shape index (κ2) is 14.4. The first-order valence-electron chi connectivity index (χ1n) is 19.7. The van der Waals surface area contributed by atoms with E-state index >= 15 is 0 Å². The molecule has 0 bridgehead atoms. The van der Waals surface area contributed by atoms with Gasteiger partial charge in [-0.1, -0.05) is 170 Å². The van der Waals surface area contributed by atoms with Gasteiger partial charge < -0.3 is 4.57 Å². The van der Waals surface area contributed by atoms with Crippen molar-refractivity contribution in [2.24, 2.45) is 0 Å². The average molecular weight is 755 g/mol. The van der Waals surface area contributed by atoms with E-state index in [1.54, 1.807) is 0 Å². The van der Waals surface area contributed by atoms with E-state index < -0.39 is 0 Å². The molecule has 0 saturated heterocycles. The van der Waals surface area contributed by atoms with Crippen LogP contribution in [0.1, 0.15) is 0 Å². The molecule has 0 atom stereocenters. The smallest absolute Gasteiger partial charge is 0.164 e. The van der Waals surface area contributed by atoms with Gasteiger partial charge in [0.05, 0.1) is 22.2 Å². The van der Waals surface area contributed by atoms with E-state index in [9.17, 15) is 0 Å². The zero-order valence-corrected chi connectivity index (χ0v) is 31.8. The van der Waals surface area contributed by atoms with Crippen molar-refractivity contribution in [3.63, 3.8) is 0 Å². The summed E-state index contributed by atoms with van der Waals surface area (Å²) >= 11 is 0. The van der Waals surface area contributed by atoms with Crippen molar-refractivity contribution in [2.75, 3.05) is 0 Å². The quantitative estimate of drug-likeness (QED) is 0.162. The van der Waals surface area contributed by atoms with E-state index in [2.05, 4.69) is 114 Å². The molecule has 0 aliphatic carbocycles. The standard InChI is InChI=1S/C53H34N6/c1-5-17-35(18-6-1)49-44-26-13-15-27-46(44)54-52(55-49)39-30-31-41(38-29-32-43-42-25-14-16-28-47(42)59(48(43)34-38)40-23-11-4-12-24-40)45(33-39)53-57-50(36-19-7-2-8-20-36)56-51(58-53)37-21-9-3-10-22-37/h1-34H. The zero-order chi connectivity index (χ0) is 39.1. The molecule has 11 aromatic rings. The summed E-state index contributed by atoms with van der Waals surface area (Å²) in [6, 6.07) is 71.0. The van der Waals surface area contributed by atoms with Crippen LogP contribution in [0.25, 0.3) is 106 Å². The number of hydrogen-bond acceptors (Lipinski definition) is 5. The molecule has 0 spiro atoms. The Morgan fingerprint density at radius 2 is 0.814 bits per heavy atom. The van der Waals surface area contributed by atoms with E-state index in [-0.39, 0.29) is 0 Å². The van der Waals surface area contributed by atoms with Crippen LogP contribution >= 0.6 is 0 Å². The lowest BCUT2D eigenvalue weighted by molar-refractivity contribution is 1.07. The van der Waals surface area contributed by atoms with Crippen LogP contribution in [-0.4, -0.2) is 29.5 Å². The summed E-state index contributed by atoms with van der Waals surface area (Å²) in [4.78, 5) is 25.9. The second-order valence-electron chi connectivity index (χ2n) is 14.5. The normalized spacial score (nSPS) is 11.4. The van der Waals surface area contributed by atoms with Crippen molar-refractivity contribution in [1.29, 1.82) is 0 Å². The van der Waals surface area contributed by atoms with Crippen molar-refractivity contribution in [2.45, 2.75) is 0 Å². The van der Waals surface area contributed by atoms with Gasteiger partial charge in [0.15, 0.2) is 23.3 Å². The Morgan fingerprint density at radius 3 is 1.51 bits per heavy atom. The van der Waals surface area contributed by atoms with Crippen LogP contribution in [-0.2, 0) is 0 Å². The molecule has 0 radical (unpaired) electrons. The van der Waals surface area contributed by atoms with Gasteiger partial charge in [-0.3, -0.25) is 0 Å². The van der Waals surface area contributed by atoms with Crippen LogP contribution in [0.4, 0.5) is 0 Å². The number of fused-ring (bicyclic) bond motifs is 4. The molecular weight excluding hydrogens is 721 g/mol. The molecule has 0 aliphatic heterocycles. The first-order chi connectivity index (χ1) is 29.2. The van der Waals surface area contributed by atoms with E-state index in [1.165, 1.54) is 10.8 Å². The third kappa shape index (κ3) is 6.20. The Balaban J connectivity index is 1.18. The molecule has 11 rings (SSSR count). The number of nitrogens with zero attached hydrogens (tertiary/aromatic N) is 6. The van der Waals surface area contributed by atoms with Crippen molar-refractivity contribution < 1.29 is 0 Å². The maximum Gasteiger partial charge on any atom is 0.164 e. The van der Waals surface area contributed by atoms with Crippen LogP contribution in [0.5, 0.6) is 0 Å². The lowest BCUT2D eigenvalue weighted by Gasteiger charge is -2.15. The third-order valence-electron chi connectivity index (χ3n) is 10.9. The summed E-state index contributed by atoms with van der Waals surface area (Å²) in [5.74, 6) is 2.37. The van der Waals surface area contributed by atoms with Gasteiger partial charge in [0.25, 0.3) is 0 Å². The van der Waals surface area contributed by atoms with Gasteiger partial charge in [0, 0.05) is 49.7 Å². The van der Waals surface area contributed by atoms with Crippen molar-refractivity contribution in [3.8, 4) is 73.6 Å². The molecule has 3 aromatic heterocycles. The summed E-state index contributed by atoms with van der Waals surface area (Å²) in [6.07, 6.45) is 0. The lowest BCUT2D eigenvalue weighted by Crippen LogP contribution is -2.02. The molecule has 0 N–H and O–H groups in total. The molecule has 0 aliphatic rings. The monoisotopic (exact) mass is 754 g/mol. The predicted octanol–water partition coefficient (Wildman–Crippen LogP) is 12.9. The highest BCUT2D eigenvalue weighted by Crippen LogP contribution is 2.40. The van der Waals surface area contributed by atoms with Gasteiger partial charge in [0.1, 0.15) is 0 Å². The molecule has 0 fully saturated rings. The van der Waals surface area contributed by atoms with Gasteiger partial charge in [-0.05, 0) is 47.5 Å². The number of benzene rings is 8. The molecule has 8 aromatic carbocycles. The fraction of sp³-hybridized carbons (Fsp3) is 0. The largest absolute Gasteiger partial charge is 0.309 e. The molecule has 6 nitrogen and oxygen atoms in total. The number of rotatable bonds is 7. The van der Waals surface area contributed by atoms with Gasteiger partial charge in [-0.15, -0.1) is 0 Å². The number of para-hydroxylation sites is 3. The Labute approximate surface area is 340 Å². The summed E-state index contributed by atoms with van der Waals surface area (Å²) in [5, 5.41) is 3.38. The highest BCUT2D eigenvalue weighted by atomic mass is 15.0. The molecule has 0 saturated carbocycles. The molecule has 276 valence electrons. The first-order valence-corrected chi connectivity index (χ1v) is 19.7. The first kappa shape index (κ1) is 34.2. The molecule has 0 amide bonds. The minimum absolute atomic E-state index is 0.558. The minimum atomic E-state index is 0.558. The minimum Gasteiger partial charge on any atom is -0.309 e. The van der Waals surface area contributed by atoms with Crippen molar-refractivity contribution >= 4 is 32.7 Å². The Morgan fingerprint density at radius 1 is 0.288 bits per heavy atom. The van der Waals surface area contributed by atoms with Gasteiger partial charge >= 0.3 is 0 Å². The van der Waals surface area contributed by atoms with Crippen molar-refractivity contribution in [3.05, 3.63) is 206 Å². The van der Waals surface area contributed by atoms with Gasteiger partial charge in [0.2, 0.25) is 0 Å². The Bertz CT molecular complexity index is 3250. The summed E-state index contributed by atoms with van der Waals surface area (Å²) in [6.45, 7) is 0. The maximum absolute atomic E-state index is 5.25. The van der Waals surface area contributed by atoms with Gasteiger partial charge in [-0.2, -0.15) is 0 Å². The Hall–Kier alpha value is -8.09. The molecular formula is C53H34N6. The van der Waals surface area contributed by atoms with Crippen molar-refractivity contribution in [1.82, 2.24) is 29.5 Å². The van der Waals surface area contributed by atoms with E-state index in [4.69, 9.17) is 24.9 Å². The molecule has 3 heterocycles. The topological polar surface area (TPSA) is 69.4 Å². The molecule has 59 heavy (non-hydrogen) atoms. The SMILES string of the molecule is c1ccc(-c2nc(-c3ccccc3)nc(-c3cc(-c4nc(-c5ccccc5)c5ccccc5n4)ccc3-c3ccc4c5ccccc5n(-c5ccccc5)c4c3)n2)cc1. The van der Waals surface area contributed by atoms with E-state index in [0.29, 0.717) is 23.3 Å². The average Bonchev–Trinajstić information content (AvgIpc) is 3.65. The van der Waals surface area contributed by atoms with Crippen LogP contribution in [0.3, 0.4) is 0 Å². The fourth-order valence-corrected chi connectivity index (χ4v) is 8.06. The van der Waals surface area contributed by atoms with Crippen LogP contribution in [0, 0.1) is 0 Å². The third-order valence-corrected chi connectivity index (χ3v) is 10.9. The highest BCUT2D eigenvalue weighted by molar-refractivity contribution is 6.10.